The van der Waals surface area contributed by atoms with E-state index in [1.165, 1.54) is 16.6 Å². The number of fused-ring (bicyclic) bond motifs is 3. The summed E-state index contributed by atoms with van der Waals surface area (Å²) in [7, 11) is 1.64. The first-order chi connectivity index (χ1) is 9.22. The number of halogens is 1. The minimum absolute atomic E-state index is 0.667. The number of hydrogen-bond donors (Lipinski definition) is 1. The Morgan fingerprint density at radius 3 is 2.89 bits per heavy atom. The smallest absolute Gasteiger partial charge is 0.138 e. The molecule has 4 nitrogen and oxygen atoms in total. The monoisotopic (exact) mass is 279 g/mol. The highest BCUT2D eigenvalue weighted by Crippen LogP contribution is 2.33. The maximum atomic E-state index is 6.22. The molecule has 2 heterocycles. The summed E-state index contributed by atoms with van der Waals surface area (Å²) in [6, 6.07) is 6.23. The highest BCUT2D eigenvalue weighted by Gasteiger charge is 2.19. The second-order valence-electron chi connectivity index (χ2n) is 4.90. The van der Waals surface area contributed by atoms with Crippen LogP contribution in [0.4, 0.5) is 0 Å². The van der Waals surface area contributed by atoms with Gasteiger partial charge < -0.3 is 15.0 Å². The maximum absolute atomic E-state index is 6.22. The summed E-state index contributed by atoms with van der Waals surface area (Å²) in [6.45, 7) is 4.64. The predicted molar refractivity (Wildman–Crippen MR) is 77.8 cm³/mol. The van der Waals surface area contributed by atoms with E-state index in [9.17, 15) is 0 Å². The van der Waals surface area contributed by atoms with Crippen molar-refractivity contribution in [3.8, 4) is 5.75 Å². The van der Waals surface area contributed by atoms with Crippen molar-refractivity contribution >= 4 is 22.5 Å². The van der Waals surface area contributed by atoms with E-state index in [-0.39, 0.29) is 0 Å². The Kier molecular flexibility index (Phi) is 3.39. The Morgan fingerprint density at radius 2 is 2.16 bits per heavy atom. The Labute approximate surface area is 117 Å². The molecule has 0 unspecified atom stereocenters. The molecular weight excluding hydrogens is 262 g/mol. The number of aromatic nitrogens is 1. The van der Waals surface area contributed by atoms with E-state index in [1.807, 2.05) is 12.1 Å². The summed E-state index contributed by atoms with van der Waals surface area (Å²) in [6.07, 6.45) is 0. The number of rotatable bonds is 3. The van der Waals surface area contributed by atoms with Crippen LogP contribution >= 0.6 is 11.6 Å². The highest BCUT2D eigenvalue weighted by molar-refractivity contribution is 6.32. The van der Waals surface area contributed by atoms with Crippen molar-refractivity contribution in [1.82, 2.24) is 9.47 Å². The third-order valence-corrected chi connectivity index (χ3v) is 4.03. The van der Waals surface area contributed by atoms with Crippen LogP contribution in [0.1, 0.15) is 5.69 Å². The van der Waals surface area contributed by atoms with Gasteiger partial charge in [-0.05, 0) is 18.2 Å². The molecular formula is C14H18ClN3O. The van der Waals surface area contributed by atoms with Crippen molar-refractivity contribution in [2.45, 2.75) is 13.1 Å². The van der Waals surface area contributed by atoms with Crippen molar-refractivity contribution in [1.29, 1.82) is 0 Å². The number of nitrogens with two attached hydrogens (primary N) is 1. The van der Waals surface area contributed by atoms with Crippen molar-refractivity contribution < 1.29 is 4.74 Å². The van der Waals surface area contributed by atoms with Crippen LogP contribution in [0.3, 0.4) is 0 Å². The van der Waals surface area contributed by atoms with E-state index in [1.54, 1.807) is 7.11 Å². The van der Waals surface area contributed by atoms with E-state index in [2.05, 4.69) is 15.5 Å². The molecule has 0 saturated heterocycles. The molecule has 1 aliphatic rings. The van der Waals surface area contributed by atoms with Gasteiger partial charge in [0.25, 0.3) is 0 Å². The lowest BCUT2D eigenvalue weighted by Crippen LogP contribution is -2.36. The molecule has 0 saturated carbocycles. The highest BCUT2D eigenvalue weighted by atomic mass is 35.5. The van der Waals surface area contributed by atoms with Crippen LogP contribution < -0.4 is 10.5 Å². The van der Waals surface area contributed by atoms with Crippen LogP contribution in [0.25, 0.3) is 10.9 Å². The minimum Gasteiger partial charge on any atom is -0.495 e. The molecule has 0 amide bonds. The molecule has 0 aliphatic carbocycles. The second kappa shape index (κ2) is 5.04. The lowest BCUT2D eigenvalue weighted by molar-refractivity contribution is 0.229. The summed E-state index contributed by atoms with van der Waals surface area (Å²) in [5, 5.41) is 1.85. The Hall–Kier alpha value is -1.23. The first-order valence-corrected chi connectivity index (χ1v) is 6.89. The average molecular weight is 280 g/mol. The topological polar surface area (TPSA) is 43.4 Å². The molecule has 1 aromatic heterocycles. The fourth-order valence-corrected chi connectivity index (χ4v) is 3.03. The Balaban J connectivity index is 2.03. The van der Waals surface area contributed by atoms with Crippen LogP contribution in [0.15, 0.2) is 18.2 Å². The van der Waals surface area contributed by atoms with Crippen LogP contribution in [0, 0.1) is 0 Å². The average Bonchev–Trinajstić information content (AvgIpc) is 2.75. The predicted octanol–water partition coefficient (Wildman–Crippen LogP) is 2.08. The first-order valence-electron chi connectivity index (χ1n) is 6.51. The fraction of sp³-hybridized carbons (Fsp3) is 0.429. The molecule has 102 valence electrons. The molecule has 1 aromatic carbocycles. The Bertz CT molecular complexity index is 608. The molecule has 19 heavy (non-hydrogen) atoms. The van der Waals surface area contributed by atoms with Gasteiger partial charge in [0.15, 0.2) is 0 Å². The molecule has 2 aromatic rings. The van der Waals surface area contributed by atoms with E-state index in [0.717, 1.165) is 31.9 Å². The van der Waals surface area contributed by atoms with Gasteiger partial charge in [0, 0.05) is 43.8 Å². The number of nitrogens with zero attached hydrogens (tertiary/aromatic N) is 2. The third-order valence-electron chi connectivity index (χ3n) is 3.73. The normalized spacial score (nSPS) is 15.7. The molecule has 1 aliphatic heterocycles. The molecule has 3 rings (SSSR count). The molecule has 5 heteroatoms. The molecule has 0 fully saturated rings. The summed E-state index contributed by atoms with van der Waals surface area (Å²) < 4.78 is 7.62. The van der Waals surface area contributed by atoms with Gasteiger partial charge in [0.1, 0.15) is 5.75 Å². The summed E-state index contributed by atoms with van der Waals surface area (Å²) in [5.74, 6) is 0.732. The van der Waals surface area contributed by atoms with Crippen LogP contribution in [-0.2, 0) is 13.1 Å². The molecule has 0 atom stereocenters. The van der Waals surface area contributed by atoms with Gasteiger partial charge >= 0.3 is 0 Å². The standard InChI is InChI=1S/C14H18ClN3O/c1-19-14-7-10-6-11-9-17(3-2-16)4-5-18(11)13(10)8-12(14)15/h6-8H,2-5,9,16H2,1H3. The van der Waals surface area contributed by atoms with E-state index in [0.29, 0.717) is 11.6 Å². The van der Waals surface area contributed by atoms with Gasteiger partial charge in [-0.25, -0.2) is 0 Å². The van der Waals surface area contributed by atoms with Crippen molar-refractivity contribution in [2.75, 3.05) is 26.7 Å². The fourth-order valence-electron chi connectivity index (χ4n) is 2.79. The largest absolute Gasteiger partial charge is 0.495 e. The summed E-state index contributed by atoms with van der Waals surface area (Å²) in [5.41, 5.74) is 8.14. The lowest BCUT2D eigenvalue weighted by Gasteiger charge is -2.28. The van der Waals surface area contributed by atoms with Crippen LogP contribution in [0.5, 0.6) is 5.75 Å². The lowest BCUT2D eigenvalue weighted by atomic mass is 10.2. The molecule has 0 spiro atoms. The second-order valence-corrected chi connectivity index (χ2v) is 5.30. The van der Waals surface area contributed by atoms with Crippen LogP contribution in [0.2, 0.25) is 5.02 Å². The quantitative estimate of drug-likeness (QED) is 0.935. The van der Waals surface area contributed by atoms with Gasteiger partial charge in [0.05, 0.1) is 17.6 Å². The summed E-state index contributed by atoms with van der Waals surface area (Å²) >= 11 is 6.22. The summed E-state index contributed by atoms with van der Waals surface area (Å²) in [4.78, 5) is 2.38. The van der Waals surface area contributed by atoms with E-state index in [4.69, 9.17) is 22.1 Å². The Morgan fingerprint density at radius 1 is 1.32 bits per heavy atom. The molecule has 2 N–H and O–H groups in total. The van der Waals surface area contributed by atoms with Crippen molar-refractivity contribution in [3.63, 3.8) is 0 Å². The number of methoxy groups -OCH3 is 1. The van der Waals surface area contributed by atoms with Crippen LogP contribution in [-0.4, -0.2) is 36.2 Å². The number of hydrogen-bond acceptors (Lipinski definition) is 3. The number of ether oxygens (including phenoxy) is 1. The maximum Gasteiger partial charge on any atom is 0.138 e. The zero-order chi connectivity index (χ0) is 13.4. The zero-order valence-electron chi connectivity index (χ0n) is 11.0. The van der Waals surface area contributed by atoms with Gasteiger partial charge in [0.2, 0.25) is 0 Å². The van der Waals surface area contributed by atoms with Gasteiger partial charge in [-0.1, -0.05) is 11.6 Å². The zero-order valence-corrected chi connectivity index (χ0v) is 11.8. The minimum atomic E-state index is 0.667. The van der Waals surface area contributed by atoms with E-state index < -0.39 is 0 Å². The van der Waals surface area contributed by atoms with Gasteiger partial charge in [-0.15, -0.1) is 0 Å². The number of benzene rings is 1. The SMILES string of the molecule is COc1cc2cc3n(c2cc1Cl)CCN(CCN)C3. The molecule has 0 radical (unpaired) electrons. The van der Waals surface area contributed by atoms with Crippen molar-refractivity contribution in [3.05, 3.63) is 28.9 Å². The first kappa shape index (κ1) is 12.8. The third kappa shape index (κ3) is 2.20. The van der Waals surface area contributed by atoms with Crippen molar-refractivity contribution in [2.24, 2.45) is 5.73 Å². The molecule has 0 bridgehead atoms. The van der Waals surface area contributed by atoms with E-state index >= 15 is 0 Å². The van der Waals surface area contributed by atoms with Gasteiger partial charge in [-0.2, -0.15) is 0 Å². The van der Waals surface area contributed by atoms with Gasteiger partial charge in [-0.3, -0.25) is 4.90 Å².